The molecular formula is C11H18ClN3O. The van der Waals surface area contributed by atoms with Crippen LogP contribution in [0.15, 0.2) is 6.07 Å². The number of hydrogen-bond donors (Lipinski definition) is 1. The molecule has 0 spiro atoms. The molecule has 1 rings (SSSR count). The Hall–Kier alpha value is -0.870. The summed E-state index contributed by atoms with van der Waals surface area (Å²) in [5.74, 6) is 1.70. The Labute approximate surface area is 101 Å². The van der Waals surface area contributed by atoms with Crippen molar-refractivity contribution in [2.45, 2.75) is 32.8 Å². The maximum Gasteiger partial charge on any atom is 0.135 e. The van der Waals surface area contributed by atoms with Gasteiger partial charge >= 0.3 is 0 Å². The predicted octanol–water partition coefficient (Wildman–Crippen LogP) is 2.07. The molecule has 90 valence electrons. The molecule has 0 aliphatic carbocycles. The van der Waals surface area contributed by atoms with Gasteiger partial charge in [-0.1, -0.05) is 25.4 Å². The van der Waals surface area contributed by atoms with Crippen LogP contribution >= 0.6 is 11.6 Å². The fraction of sp³-hybridized carbons (Fsp3) is 0.636. The molecule has 1 atom stereocenters. The van der Waals surface area contributed by atoms with Gasteiger partial charge in [-0.05, 0) is 6.92 Å². The second-order valence-corrected chi connectivity index (χ2v) is 4.68. The molecule has 0 saturated carbocycles. The van der Waals surface area contributed by atoms with E-state index < -0.39 is 6.10 Å². The molecule has 16 heavy (non-hydrogen) atoms. The van der Waals surface area contributed by atoms with E-state index in [1.807, 2.05) is 25.8 Å². The zero-order valence-electron chi connectivity index (χ0n) is 10.1. The number of anilines is 1. The van der Waals surface area contributed by atoms with Gasteiger partial charge in [0.15, 0.2) is 0 Å². The Balaban J connectivity index is 2.95. The molecule has 0 saturated heterocycles. The van der Waals surface area contributed by atoms with Gasteiger partial charge in [0.25, 0.3) is 0 Å². The van der Waals surface area contributed by atoms with Crippen LogP contribution in [0.5, 0.6) is 0 Å². The van der Waals surface area contributed by atoms with Gasteiger partial charge in [0.05, 0.1) is 6.10 Å². The predicted molar refractivity (Wildman–Crippen MR) is 66.1 cm³/mol. The highest BCUT2D eigenvalue weighted by atomic mass is 35.5. The van der Waals surface area contributed by atoms with Crippen LogP contribution in [-0.2, 0) is 0 Å². The molecule has 1 heterocycles. The minimum absolute atomic E-state index is 0.234. The van der Waals surface area contributed by atoms with Crippen molar-refractivity contribution in [1.82, 2.24) is 9.97 Å². The standard InChI is InChI=1S/C11H18ClN3O/c1-7(2)11-13-9(12)5-10(14-11)15(4)6-8(3)16/h5,7-8,16H,6H2,1-4H3. The molecule has 1 N–H and O–H groups in total. The van der Waals surface area contributed by atoms with E-state index in [-0.39, 0.29) is 5.92 Å². The summed E-state index contributed by atoms with van der Waals surface area (Å²) in [6.07, 6.45) is -0.402. The zero-order chi connectivity index (χ0) is 12.3. The van der Waals surface area contributed by atoms with Crippen molar-refractivity contribution in [3.05, 3.63) is 17.0 Å². The van der Waals surface area contributed by atoms with E-state index >= 15 is 0 Å². The summed E-state index contributed by atoms with van der Waals surface area (Å²) in [6, 6.07) is 1.70. The smallest absolute Gasteiger partial charge is 0.135 e. The summed E-state index contributed by atoms with van der Waals surface area (Å²) in [6.45, 7) is 6.29. The molecule has 0 aliphatic heterocycles. The van der Waals surface area contributed by atoms with Gasteiger partial charge in [0.2, 0.25) is 0 Å². The van der Waals surface area contributed by atoms with Gasteiger partial charge < -0.3 is 10.0 Å². The van der Waals surface area contributed by atoms with Gasteiger partial charge in [-0.3, -0.25) is 0 Å². The van der Waals surface area contributed by atoms with Crippen molar-refractivity contribution in [3.8, 4) is 0 Å². The summed E-state index contributed by atoms with van der Waals surface area (Å²) >= 11 is 5.93. The largest absolute Gasteiger partial charge is 0.392 e. The molecule has 0 amide bonds. The number of aliphatic hydroxyl groups is 1. The molecule has 1 aromatic heterocycles. The van der Waals surface area contributed by atoms with Gasteiger partial charge in [0, 0.05) is 25.6 Å². The van der Waals surface area contributed by atoms with Gasteiger partial charge in [-0.15, -0.1) is 0 Å². The number of rotatable bonds is 4. The molecule has 0 fully saturated rings. The normalized spacial score (nSPS) is 12.9. The van der Waals surface area contributed by atoms with Crippen LogP contribution in [0.2, 0.25) is 5.15 Å². The second-order valence-electron chi connectivity index (χ2n) is 4.29. The maximum atomic E-state index is 9.31. The monoisotopic (exact) mass is 243 g/mol. The Morgan fingerprint density at radius 2 is 2.00 bits per heavy atom. The minimum atomic E-state index is -0.402. The lowest BCUT2D eigenvalue weighted by Crippen LogP contribution is -2.28. The second kappa shape index (κ2) is 5.46. The molecule has 0 aromatic carbocycles. The lowest BCUT2D eigenvalue weighted by Gasteiger charge is -2.20. The molecule has 0 bridgehead atoms. The Morgan fingerprint density at radius 1 is 1.38 bits per heavy atom. The first-order valence-corrected chi connectivity index (χ1v) is 5.71. The number of aromatic nitrogens is 2. The molecule has 0 radical (unpaired) electrons. The third-order valence-corrected chi connectivity index (χ3v) is 2.34. The Bertz CT molecular complexity index is 355. The average Bonchev–Trinajstić information content (AvgIpc) is 2.15. The van der Waals surface area contributed by atoms with E-state index in [4.69, 9.17) is 11.6 Å². The van der Waals surface area contributed by atoms with Crippen LogP contribution in [0.4, 0.5) is 5.82 Å². The Morgan fingerprint density at radius 3 is 2.50 bits per heavy atom. The molecular weight excluding hydrogens is 226 g/mol. The average molecular weight is 244 g/mol. The summed E-state index contributed by atoms with van der Waals surface area (Å²) in [7, 11) is 1.87. The minimum Gasteiger partial charge on any atom is -0.392 e. The van der Waals surface area contributed by atoms with E-state index in [0.717, 1.165) is 11.6 Å². The van der Waals surface area contributed by atoms with E-state index in [9.17, 15) is 5.11 Å². The zero-order valence-corrected chi connectivity index (χ0v) is 10.9. The van der Waals surface area contributed by atoms with Crippen LogP contribution in [0, 0.1) is 0 Å². The Kier molecular flexibility index (Phi) is 4.50. The van der Waals surface area contributed by atoms with Gasteiger partial charge in [-0.2, -0.15) is 0 Å². The quantitative estimate of drug-likeness (QED) is 0.823. The molecule has 1 aromatic rings. The fourth-order valence-electron chi connectivity index (χ4n) is 1.37. The van der Waals surface area contributed by atoms with E-state index in [1.54, 1.807) is 13.0 Å². The van der Waals surface area contributed by atoms with Crippen molar-refractivity contribution in [1.29, 1.82) is 0 Å². The molecule has 0 aliphatic rings. The number of halogens is 1. The molecule has 4 nitrogen and oxygen atoms in total. The maximum absolute atomic E-state index is 9.31. The van der Waals surface area contributed by atoms with Crippen LogP contribution in [0.3, 0.4) is 0 Å². The van der Waals surface area contributed by atoms with Crippen molar-refractivity contribution in [2.24, 2.45) is 0 Å². The van der Waals surface area contributed by atoms with E-state index in [1.165, 1.54) is 0 Å². The van der Waals surface area contributed by atoms with Crippen LogP contribution < -0.4 is 4.90 Å². The summed E-state index contributed by atoms with van der Waals surface area (Å²) in [4.78, 5) is 10.4. The first-order chi connectivity index (χ1) is 7.40. The number of hydrogen-bond acceptors (Lipinski definition) is 4. The van der Waals surface area contributed by atoms with Crippen molar-refractivity contribution >= 4 is 17.4 Å². The third-order valence-electron chi connectivity index (χ3n) is 2.14. The first-order valence-electron chi connectivity index (χ1n) is 5.33. The van der Waals surface area contributed by atoms with Crippen LogP contribution in [0.25, 0.3) is 0 Å². The van der Waals surface area contributed by atoms with Crippen LogP contribution in [-0.4, -0.2) is 34.8 Å². The molecule has 5 heteroatoms. The van der Waals surface area contributed by atoms with Gasteiger partial charge in [-0.25, -0.2) is 9.97 Å². The molecule has 1 unspecified atom stereocenters. The topological polar surface area (TPSA) is 49.2 Å². The highest BCUT2D eigenvalue weighted by molar-refractivity contribution is 6.29. The fourth-order valence-corrected chi connectivity index (χ4v) is 1.55. The highest BCUT2D eigenvalue weighted by Crippen LogP contribution is 2.19. The lowest BCUT2D eigenvalue weighted by atomic mass is 10.2. The summed E-state index contributed by atoms with van der Waals surface area (Å²) in [5, 5.41) is 9.75. The van der Waals surface area contributed by atoms with Gasteiger partial charge in [0.1, 0.15) is 16.8 Å². The third kappa shape index (κ3) is 3.61. The van der Waals surface area contributed by atoms with Crippen LogP contribution in [0.1, 0.15) is 32.5 Å². The number of likely N-dealkylation sites (N-methyl/N-ethyl adjacent to an activating group) is 1. The lowest BCUT2D eigenvalue weighted by molar-refractivity contribution is 0.201. The summed E-state index contributed by atoms with van der Waals surface area (Å²) < 4.78 is 0. The van der Waals surface area contributed by atoms with E-state index in [2.05, 4.69) is 9.97 Å². The highest BCUT2D eigenvalue weighted by Gasteiger charge is 2.11. The van der Waals surface area contributed by atoms with E-state index in [0.29, 0.717) is 11.7 Å². The summed E-state index contributed by atoms with van der Waals surface area (Å²) in [5.41, 5.74) is 0. The van der Waals surface area contributed by atoms with Crippen molar-refractivity contribution < 1.29 is 5.11 Å². The van der Waals surface area contributed by atoms with Crippen molar-refractivity contribution in [2.75, 3.05) is 18.5 Å². The SMILES string of the molecule is CC(O)CN(C)c1cc(Cl)nc(C(C)C)n1. The number of nitrogens with zero attached hydrogens (tertiary/aromatic N) is 3. The first kappa shape index (κ1) is 13.2. The number of aliphatic hydroxyl groups excluding tert-OH is 1. The van der Waals surface area contributed by atoms with Crippen molar-refractivity contribution in [3.63, 3.8) is 0 Å².